The normalized spacial score (nSPS) is 11.3. The standard InChI is InChI=1S/C3H7ClO2.C3H6O/c4-1-3(6)2-5;1-3(2)4/h3,5-6H,1-2H2;1-2H3/t3-;/m1./s1. The van der Waals surface area contributed by atoms with Gasteiger partial charge in [0.15, 0.2) is 0 Å². The van der Waals surface area contributed by atoms with Gasteiger partial charge in [-0.3, -0.25) is 0 Å². The Morgan fingerprint density at radius 1 is 1.60 bits per heavy atom. The zero-order chi connectivity index (χ0) is 8.57. The second-order valence-electron chi connectivity index (χ2n) is 1.90. The molecule has 0 saturated carbocycles. The van der Waals surface area contributed by atoms with Crippen LogP contribution in [-0.4, -0.2) is 34.6 Å². The fourth-order valence-corrected chi connectivity index (χ4v) is 0.146. The highest BCUT2D eigenvalue weighted by atomic mass is 35.5. The van der Waals surface area contributed by atoms with Gasteiger partial charge in [-0.1, -0.05) is 0 Å². The summed E-state index contributed by atoms with van der Waals surface area (Å²) in [6.07, 6.45) is -0.744. The second-order valence-corrected chi connectivity index (χ2v) is 2.21. The smallest absolute Gasteiger partial charge is 0.126 e. The first-order valence-electron chi connectivity index (χ1n) is 2.86. The van der Waals surface area contributed by atoms with E-state index >= 15 is 0 Å². The van der Waals surface area contributed by atoms with Crippen LogP contribution in [0.3, 0.4) is 0 Å². The van der Waals surface area contributed by atoms with Crippen molar-refractivity contribution in [2.24, 2.45) is 0 Å². The molecule has 0 aliphatic rings. The van der Waals surface area contributed by atoms with Gasteiger partial charge >= 0.3 is 0 Å². The highest BCUT2D eigenvalue weighted by molar-refractivity contribution is 6.18. The predicted molar refractivity (Wildman–Crippen MR) is 40.2 cm³/mol. The van der Waals surface area contributed by atoms with E-state index in [0.717, 1.165) is 0 Å². The number of rotatable bonds is 2. The summed E-state index contributed by atoms with van der Waals surface area (Å²) in [5.74, 6) is 0.274. The lowest BCUT2D eigenvalue weighted by Gasteiger charge is -1.95. The van der Waals surface area contributed by atoms with Crippen LogP contribution in [0.15, 0.2) is 0 Å². The fraction of sp³-hybridized carbons (Fsp3) is 0.833. The number of halogens is 1. The molecule has 0 fully saturated rings. The van der Waals surface area contributed by atoms with E-state index < -0.39 is 6.10 Å². The van der Waals surface area contributed by atoms with Gasteiger partial charge in [-0.05, 0) is 13.8 Å². The summed E-state index contributed by atoms with van der Waals surface area (Å²) in [7, 11) is 0. The number of hydrogen-bond acceptors (Lipinski definition) is 3. The van der Waals surface area contributed by atoms with E-state index in [1.54, 1.807) is 0 Å². The first-order valence-corrected chi connectivity index (χ1v) is 3.40. The summed E-state index contributed by atoms with van der Waals surface area (Å²) in [5, 5.41) is 16.3. The Kier molecular flexibility index (Phi) is 11.1. The topological polar surface area (TPSA) is 57.5 Å². The van der Waals surface area contributed by atoms with E-state index in [1.807, 2.05) is 0 Å². The molecule has 0 aliphatic carbocycles. The Morgan fingerprint density at radius 2 is 1.90 bits per heavy atom. The molecule has 10 heavy (non-hydrogen) atoms. The van der Waals surface area contributed by atoms with Gasteiger partial charge < -0.3 is 15.0 Å². The van der Waals surface area contributed by atoms with Crippen LogP contribution in [0.4, 0.5) is 0 Å². The van der Waals surface area contributed by atoms with Crippen molar-refractivity contribution in [3.05, 3.63) is 0 Å². The van der Waals surface area contributed by atoms with Gasteiger partial charge in [0.1, 0.15) is 5.78 Å². The fourth-order valence-electron chi connectivity index (χ4n) is 0.0488. The first-order chi connectivity index (χ1) is 4.54. The molecule has 0 rings (SSSR count). The Hall–Kier alpha value is -0.120. The number of aliphatic hydroxyl groups is 2. The van der Waals surface area contributed by atoms with Gasteiger partial charge in [0, 0.05) is 0 Å². The molecule has 0 aromatic heterocycles. The van der Waals surface area contributed by atoms with E-state index in [1.165, 1.54) is 13.8 Å². The largest absolute Gasteiger partial charge is 0.394 e. The van der Waals surface area contributed by atoms with Crippen LogP contribution in [-0.2, 0) is 4.79 Å². The summed E-state index contributed by atoms with van der Waals surface area (Å²) in [6, 6.07) is 0. The molecule has 2 N–H and O–H groups in total. The third-order valence-corrected chi connectivity index (χ3v) is 0.745. The minimum atomic E-state index is -0.744. The Labute approximate surface area is 65.6 Å². The lowest BCUT2D eigenvalue weighted by Crippen LogP contribution is -2.12. The molecule has 0 aromatic rings. The van der Waals surface area contributed by atoms with Crippen LogP contribution in [0.1, 0.15) is 13.8 Å². The number of ketones is 1. The number of aliphatic hydroxyl groups excluding tert-OH is 2. The lowest BCUT2D eigenvalue weighted by atomic mass is 10.5. The van der Waals surface area contributed by atoms with Crippen molar-refractivity contribution in [1.29, 1.82) is 0 Å². The third-order valence-electron chi connectivity index (χ3n) is 0.389. The van der Waals surface area contributed by atoms with E-state index in [-0.39, 0.29) is 18.3 Å². The van der Waals surface area contributed by atoms with E-state index in [2.05, 4.69) is 0 Å². The number of carbonyl (C=O) groups excluding carboxylic acids is 1. The molecule has 0 radical (unpaired) electrons. The van der Waals surface area contributed by atoms with Crippen molar-refractivity contribution in [2.45, 2.75) is 20.0 Å². The van der Waals surface area contributed by atoms with Crippen LogP contribution in [0, 0.1) is 0 Å². The van der Waals surface area contributed by atoms with Crippen molar-refractivity contribution in [1.82, 2.24) is 0 Å². The molecule has 4 heteroatoms. The molecular weight excluding hydrogens is 156 g/mol. The molecule has 0 amide bonds. The van der Waals surface area contributed by atoms with Gasteiger partial charge in [0.05, 0.1) is 18.6 Å². The maximum absolute atomic E-state index is 9.44. The molecule has 0 bridgehead atoms. The Bertz CT molecular complexity index is 77.1. The second kappa shape index (κ2) is 8.88. The van der Waals surface area contributed by atoms with Gasteiger partial charge in [-0.2, -0.15) is 0 Å². The zero-order valence-corrected chi connectivity index (χ0v) is 6.93. The van der Waals surface area contributed by atoms with Crippen molar-refractivity contribution in [2.75, 3.05) is 12.5 Å². The number of Topliss-reactive ketones (excluding diaryl/α,β-unsaturated/α-hetero) is 1. The average molecular weight is 169 g/mol. The minimum absolute atomic E-state index is 0.108. The molecule has 0 saturated heterocycles. The predicted octanol–water partition coefficient (Wildman–Crippen LogP) is 0.174. The Balaban J connectivity index is 0. The van der Waals surface area contributed by atoms with Crippen LogP contribution < -0.4 is 0 Å². The quantitative estimate of drug-likeness (QED) is 0.579. The van der Waals surface area contributed by atoms with Crippen LogP contribution >= 0.6 is 11.6 Å². The highest BCUT2D eigenvalue weighted by Gasteiger charge is 1.94. The van der Waals surface area contributed by atoms with Gasteiger partial charge in [-0.25, -0.2) is 0 Å². The van der Waals surface area contributed by atoms with E-state index in [9.17, 15) is 4.79 Å². The van der Waals surface area contributed by atoms with Crippen LogP contribution in [0.25, 0.3) is 0 Å². The van der Waals surface area contributed by atoms with Crippen molar-refractivity contribution in [3.8, 4) is 0 Å². The SMILES string of the molecule is CC(C)=O.OC[C@H](O)CCl. The maximum Gasteiger partial charge on any atom is 0.126 e. The van der Waals surface area contributed by atoms with Crippen molar-refractivity contribution in [3.63, 3.8) is 0 Å². The van der Waals surface area contributed by atoms with Crippen LogP contribution in [0.2, 0.25) is 0 Å². The summed E-state index contributed by atoms with van der Waals surface area (Å²) >= 11 is 5.04. The molecule has 62 valence electrons. The first kappa shape index (κ1) is 12.5. The molecule has 0 spiro atoms. The van der Waals surface area contributed by atoms with Gasteiger partial charge in [0.25, 0.3) is 0 Å². The summed E-state index contributed by atoms with van der Waals surface area (Å²) in [5.41, 5.74) is 0. The monoisotopic (exact) mass is 168 g/mol. The lowest BCUT2D eigenvalue weighted by molar-refractivity contribution is -0.114. The molecule has 1 atom stereocenters. The Morgan fingerprint density at radius 3 is 1.90 bits per heavy atom. The number of carbonyl (C=O) groups is 1. The van der Waals surface area contributed by atoms with Crippen LogP contribution in [0.5, 0.6) is 0 Å². The van der Waals surface area contributed by atoms with E-state index in [4.69, 9.17) is 21.8 Å². The molecule has 0 heterocycles. The molecule has 0 unspecified atom stereocenters. The molecule has 3 nitrogen and oxygen atoms in total. The highest BCUT2D eigenvalue weighted by Crippen LogP contribution is 1.81. The van der Waals surface area contributed by atoms with Gasteiger partial charge in [-0.15, -0.1) is 11.6 Å². The maximum atomic E-state index is 9.44. The third kappa shape index (κ3) is 24.8. The number of hydrogen-bond donors (Lipinski definition) is 2. The van der Waals surface area contributed by atoms with Gasteiger partial charge in [0.2, 0.25) is 0 Å². The summed E-state index contributed by atoms with van der Waals surface area (Å²) in [4.78, 5) is 9.44. The molecule has 0 aliphatic heterocycles. The zero-order valence-electron chi connectivity index (χ0n) is 6.17. The van der Waals surface area contributed by atoms with Crippen molar-refractivity contribution < 1.29 is 15.0 Å². The van der Waals surface area contributed by atoms with E-state index in [0.29, 0.717) is 0 Å². The summed E-state index contributed by atoms with van der Waals surface area (Å²) in [6.45, 7) is 2.81. The van der Waals surface area contributed by atoms with Crippen molar-refractivity contribution >= 4 is 17.4 Å². The molecule has 0 aromatic carbocycles. The summed E-state index contributed by atoms with van der Waals surface area (Å²) < 4.78 is 0. The number of alkyl halides is 1. The minimum Gasteiger partial charge on any atom is -0.394 e. The molecular formula is C6H13ClO3. The average Bonchev–Trinajstić information content (AvgIpc) is 1.85.